The summed E-state index contributed by atoms with van der Waals surface area (Å²) in [6, 6.07) is 14.9. The number of nitrogens with one attached hydrogen (secondary N) is 2. The maximum absolute atomic E-state index is 13.3. The highest BCUT2D eigenvalue weighted by Gasteiger charge is 2.38. The molecule has 7 heterocycles. The molecule has 2 N–H and O–H groups in total. The van der Waals surface area contributed by atoms with Crippen LogP contribution in [0.5, 0.6) is 5.75 Å². The lowest BCUT2D eigenvalue weighted by molar-refractivity contribution is -0.127. The maximum atomic E-state index is 13.3. The van der Waals surface area contributed by atoms with Gasteiger partial charge in [0.05, 0.1) is 41.0 Å². The molecule has 16 heteroatoms. The van der Waals surface area contributed by atoms with Gasteiger partial charge in [-0.15, -0.1) is 0 Å². The molecule has 6 aromatic rings. The summed E-state index contributed by atoms with van der Waals surface area (Å²) in [5.74, 6) is 1.37. The van der Waals surface area contributed by atoms with Crippen molar-refractivity contribution in [2.75, 3.05) is 43.5 Å². The maximum Gasteiger partial charge on any atom is 0.295 e. The van der Waals surface area contributed by atoms with E-state index in [4.69, 9.17) is 4.74 Å². The topological polar surface area (TPSA) is 184 Å². The zero-order chi connectivity index (χ0) is 38.2. The molecule has 0 atom stereocenters. The number of pyridine rings is 3. The number of ether oxygens (including phenoxy) is 1. The average molecular weight is 740 g/mol. The van der Waals surface area contributed by atoms with Crippen molar-refractivity contribution in [3.63, 3.8) is 0 Å². The predicted molar refractivity (Wildman–Crippen MR) is 202 cm³/mol. The first-order chi connectivity index (χ1) is 26.7. The zero-order valence-electron chi connectivity index (χ0n) is 30.4. The van der Waals surface area contributed by atoms with Crippen LogP contribution in [-0.2, 0) is 4.79 Å². The molecular weight excluding hydrogens is 703 g/mol. The Morgan fingerprint density at radius 2 is 1.58 bits per heavy atom. The van der Waals surface area contributed by atoms with Crippen molar-refractivity contribution >= 4 is 51.7 Å². The van der Waals surface area contributed by atoms with Gasteiger partial charge in [-0.05, 0) is 62.6 Å². The van der Waals surface area contributed by atoms with Crippen molar-refractivity contribution in [1.82, 2.24) is 44.5 Å². The summed E-state index contributed by atoms with van der Waals surface area (Å²) in [5.41, 5.74) is 3.70. The third-order valence-corrected chi connectivity index (χ3v) is 9.79. The SMILES string of the molecule is COc1cnc(-n2cnc(C)n2)c2[nH]cc(C(=O)C(=O)N3CCN(C(=O)c4ccccc4)CC3)c12.Cc1ccnc2c1NC(=O)c1cccnc1N2C1CC1. The number of piperazine rings is 1. The number of anilines is 3. The van der Waals surface area contributed by atoms with Crippen molar-refractivity contribution in [2.45, 2.75) is 32.7 Å². The van der Waals surface area contributed by atoms with Crippen LogP contribution in [0.15, 0.2) is 79.6 Å². The van der Waals surface area contributed by atoms with Crippen LogP contribution in [0.1, 0.15) is 55.3 Å². The second-order valence-corrected chi connectivity index (χ2v) is 13.4. The van der Waals surface area contributed by atoms with E-state index in [1.807, 2.05) is 37.3 Å². The minimum atomic E-state index is -0.663. The molecule has 3 amide bonds. The molecule has 0 spiro atoms. The fourth-order valence-corrected chi connectivity index (χ4v) is 6.80. The summed E-state index contributed by atoms with van der Waals surface area (Å²) >= 11 is 0. The summed E-state index contributed by atoms with van der Waals surface area (Å²) in [6.07, 6.45) is 10.2. The van der Waals surface area contributed by atoms with Crippen molar-refractivity contribution < 1.29 is 23.9 Å². The summed E-state index contributed by atoms with van der Waals surface area (Å²) in [5, 5.41) is 7.70. The normalized spacial score (nSPS) is 15.0. The number of fused-ring (bicyclic) bond motifs is 3. The molecule has 16 nitrogen and oxygen atoms in total. The molecule has 55 heavy (non-hydrogen) atoms. The van der Waals surface area contributed by atoms with E-state index in [2.05, 4.69) is 40.2 Å². The molecule has 2 fully saturated rings. The number of Topliss-reactive ketones (excluding diaryl/α,β-unsaturated/α-hetero) is 1. The Labute approximate surface area is 315 Å². The molecule has 278 valence electrons. The number of methoxy groups -OCH3 is 1. The van der Waals surface area contributed by atoms with Gasteiger partial charge in [0.15, 0.2) is 11.6 Å². The van der Waals surface area contributed by atoms with Crippen LogP contribution in [0.3, 0.4) is 0 Å². The van der Waals surface area contributed by atoms with Crippen LogP contribution in [0.2, 0.25) is 0 Å². The molecule has 9 rings (SSSR count). The van der Waals surface area contributed by atoms with E-state index in [0.717, 1.165) is 29.9 Å². The molecule has 0 radical (unpaired) electrons. The van der Waals surface area contributed by atoms with Crippen molar-refractivity contribution in [3.8, 4) is 11.6 Å². The van der Waals surface area contributed by atoms with E-state index >= 15 is 0 Å². The van der Waals surface area contributed by atoms with Gasteiger partial charge in [-0.2, -0.15) is 5.10 Å². The molecule has 1 aromatic carbocycles. The summed E-state index contributed by atoms with van der Waals surface area (Å²) in [4.78, 5) is 77.2. The van der Waals surface area contributed by atoms with E-state index in [-0.39, 0.29) is 30.5 Å². The minimum absolute atomic E-state index is 0.0891. The quantitative estimate of drug-likeness (QED) is 0.184. The van der Waals surface area contributed by atoms with Gasteiger partial charge in [-0.1, -0.05) is 18.2 Å². The molecule has 2 aliphatic heterocycles. The van der Waals surface area contributed by atoms with Gasteiger partial charge in [0.1, 0.15) is 23.7 Å². The van der Waals surface area contributed by atoms with Gasteiger partial charge < -0.3 is 29.7 Å². The Morgan fingerprint density at radius 1 is 0.836 bits per heavy atom. The molecule has 0 unspecified atom stereocenters. The number of hydrogen-bond acceptors (Lipinski definition) is 11. The number of ketones is 1. The summed E-state index contributed by atoms with van der Waals surface area (Å²) in [6.45, 7) is 4.98. The Hall–Kier alpha value is -6.97. The van der Waals surface area contributed by atoms with E-state index < -0.39 is 11.7 Å². The smallest absolute Gasteiger partial charge is 0.295 e. The summed E-state index contributed by atoms with van der Waals surface area (Å²) in [7, 11) is 1.47. The standard InChI is InChI=1S/C24H23N7O4.C15H14N4O/c1-15-27-14-31(28-15)22-20-19(18(35-2)13-26-22)17(12-25-20)21(32)24(34)30-10-8-29(9-11-30)23(33)16-6-4-3-5-7-16;1-9-6-8-17-14-12(9)18-15(20)11-3-2-7-16-13(11)19(14)10-4-5-10/h3-7,12-14,25H,8-11H2,1-2H3;2-3,6-8,10H,4-5H2,1H3,(H,18,20). The van der Waals surface area contributed by atoms with E-state index in [1.165, 1.54) is 35.4 Å². The Morgan fingerprint density at radius 3 is 2.29 bits per heavy atom. The number of nitrogens with zero attached hydrogens (tertiary/aromatic N) is 9. The first-order valence-electron chi connectivity index (χ1n) is 17.8. The largest absolute Gasteiger partial charge is 0.494 e. The molecule has 3 aliphatic rings. The zero-order valence-corrected chi connectivity index (χ0v) is 30.4. The molecule has 0 bridgehead atoms. The average Bonchev–Trinajstić information content (AvgIpc) is 3.83. The van der Waals surface area contributed by atoms with Crippen molar-refractivity contribution in [3.05, 3.63) is 108 Å². The third kappa shape index (κ3) is 6.62. The van der Waals surface area contributed by atoms with Crippen molar-refractivity contribution in [1.29, 1.82) is 0 Å². The van der Waals surface area contributed by atoms with Crippen LogP contribution in [0.4, 0.5) is 17.3 Å². The van der Waals surface area contributed by atoms with Crippen LogP contribution >= 0.6 is 0 Å². The van der Waals surface area contributed by atoms with E-state index in [1.54, 1.807) is 42.4 Å². The van der Waals surface area contributed by atoms with Crippen LogP contribution in [0.25, 0.3) is 16.7 Å². The van der Waals surface area contributed by atoms with Gasteiger partial charge in [-0.3, -0.25) is 19.2 Å². The van der Waals surface area contributed by atoms with Crippen LogP contribution < -0.4 is 15.0 Å². The number of carbonyl (C=O) groups is 4. The van der Waals surface area contributed by atoms with Gasteiger partial charge >= 0.3 is 0 Å². The first kappa shape index (κ1) is 35.1. The van der Waals surface area contributed by atoms with Crippen molar-refractivity contribution in [2.24, 2.45) is 0 Å². The number of rotatable bonds is 6. The molecular formula is C39H37N11O5. The van der Waals surface area contributed by atoms with E-state index in [0.29, 0.717) is 64.4 Å². The van der Waals surface area contributed by atoms with E-state index in [9.17, 15) is 19.2 Å². The van der Waals surface area contributed by atoms with Gasteiger partial charge in [0.2, 0.25) is 0 Å². The Kier molecular flexibility index (Phi) is 9.22. The number of hydrogen-bond donors (Lipinski definition) is 2. The minimum Gasteiger partial charge on any atom is -0.494 e. The lowest BCUT2D eigenvalue weighted by Gasteiger charge is -2.34. The second kappa shape index (κ2) is 14.5. The second-order valence-electron chi connectivity index (χ2n) is 13.4. The van der Waals surface area contributed by atoms with Gasteiger partial charge in [0, 0.05) is 56.4 Å². The lowest BCUT2D eigenvalue weighted by atomic mass is 10.1. The highest BCUT2D eigenvalue weighted by atomic mass is 16.5. The van der Waals surface area contributed by atoms with Crippen LogP contribution in [-0.4, -0.2) is 107 Å². The Bertz CT molecular complexity index is 2450. The first-order valence-corrected chi connectivity index (χ1v) is 17.8. The number of benzene rings is 1. The fourth-order valence-electron chi connectivity index (χ4n) is 6.80. The number of carbonyl (C=O) groups excluding carboxylic acids is 4. The highest BCUT2D eigenvalue weighted by Crippen LogP contribution is 2.43. The predicted octanol–water partition coefficient (Wildman–Crippen LogP) is 4.28. The van der Waals surface area contributed by atoms with Gasteiger partial charge in [-0.25, -0.2) is 24.6 Å². The number of aryl methyl sites for hydroxylation is 2. The lowest BCUT2D eigenvalue weighted by Crippen LogP contribution is -2.52. The Balaban J connectivity index is 0.000000180. The number of amides is 3. The fraction of sp³-hybridized carbons (Fsp3) is 0.256. The molecule has 1 saturated carbocycles. The molecule has 5 aromatic heterocycles. The summed E-state index contributed by atoms with van der Waals surface area (Å²) < 4.78 is 6.92. The van der Waals surface area contributed by atoms with Crippen LogP contribution in [0, 0.1) is 13.8 Å². The van der Waals surface area contributed by atoms with Gasteiger partial charge in [0.25, 0.3) is 23.5 Å². The monoisotopic (exact) mass is 739 g/mol. The highest BCUT2D eigenvalue weighted by molar-refractivity contribution is 6.45. The number of H-pyrrole nitrogens is 1. The number of aromatic nitrogens is 7. The molecule has 1 aliphatic carbocycles. The molecule has 1 saturated heterocycles. The third-order valence-electron chi connectivity index (χ3n) is 9.79. The number of aromatic amines is 1.